The number of nitrogens with one attached hydrogen (secondary N) is 2. The van der Waals surface area contributed by atoms with Crippen molar-refractivity contribution in [2.45, 2.75) is 0 Å². The highest BCUT2D eigenvalue weighted by Crippen LogP contribution is 2.37. The minimum Gasteiger partial charge on any atom is -0.493 e. The molecule has 0 saturated carbocycles. The van der Waals surface area contributed by atoms with E-state index >= 15 is 0 Å². The normalized spacial score (nSPS) is 15.6. The SMILES string of the molecule is C=CCOc1c(Br)cc(/C=C2/NC(=O)NC2=O)cc1OC. The van der Waals surface area contributed by atoms with Crippen LogP contribution in [0.15, 0.2) is 35.0 Å². The van der Waals surface area contributed by atoms with Crippen molar-refractivity contribution in [1.82, 2.24) is 10.6 Å². The molecular weight excluding hydrogens is 340 g/mol. The van der Waals surface area contributed by atoms with E-state index in [0.29, 0.717) is 28.1 Å². The highest BCUT2D eigenvalue weighted by Gasteiger charge is 2.23. The maximum atomic E-state index is 11.5. The number of amides is 3. The summed E-state index contributed by atoms with van der Waals surface area (Å²) in [7, 11) is 1.52. The average Bonchev–Trinajstić information content (AvgIpc) is 2.75. The van der Waals surface area contributed by atoms with E-state index < -0.39 is 11.9 Å². The van der Waals surface area contributed by atoms with Crippen molar-refractivity contribution >= 4 is 33.9 Å². The molecule has 1 heterocycles. The van der Waals surface area contributed by atoms with Gasteiger partial charge in [-0.15, -0.1) is 0 Å². The van der Waals surface area contributed by atoms with Crippen LogP contribution in [-0.4, -0.2) is 25.7 Å². The third kappa shape index (κ3) is 3.43. The third-order valence-corrected chi connectivity index (χ3v) is 3.22. The Labute approximate surface area is 129 Å². The molecule has 1 aromatic rings. The van der Waals surface area contributed by atoms with E-state index in [0.717, 1.165) is 0 Å². The minimum atomic E-state index is -0.539. The van der Waals surface area contributed by atoms with E-state index in [1.165, 1.54) is 7.11 Å². The zero-order valence-electron chi connectivity index (χ0n) is 11.2. The number of halogens is 1. The first-order chi connectivity index (χ1) is 10.0. The van der Waals surface area contributed by atoms with Gasteiger partial charge in [0.1, 0.15) is 12.3 Å². The van der Waals surface area contributed by atoms with Gasteiger partial charge in [0.2, 0.25) is 0 Å². The first-order valence-corrected chi connectivity index (χ1v) is 6.79. The van der Waals surface area contributed by atoms with Crippen molar-refractivity contribution < 1.29 is 19.1 Å². The van der Waals surface area contributed by atoms with E-state index in [2.05, 4.69) is 33.1 Å². The predicted molar refractivity (Wildman–Crippen MR) is 81.0 cm³/mol. The second-order valence-electron chi connectivity index (χ2n) is 4.10. The molecule has 2 N–H and O–H groups in total. The average molecular weight is 353 g/mol. The Morgan fingerprint density at radius 3 is 2.67 bits per heavy atom. The molecule has 0 bridgehead atoms. The molecule has 21 heavy (non-hydrogen) atoms. The van der Waals surface area contributed by atoms with Crippen LogP contribution in [0.25, 0.3) is 6.08 Å². The van der Waals surface area contributed by atoms with Crippen molar-refractivity contribution in [2.24, 2.45) is 0 Å². The summed E-state index contributed by atoms with van der Waals surface area (Å²) < 4.78 is 11.4. The summed E-state index contributed by atoms with van der Waals surface area (Å²) >= 11 is 3.39. The number of rotatable bonds is 5. The van der Waals surface area contributed by atoms with Crippen LogP contribution in [0.5, 0.6) is 11.5 Å². The number of hydrogen-bond donors (Lipinski definition) is 2. The van der Waals surface area contributed by atoms with E-state index in [-0.39, 0.29) is 5.70 Å². The number of carbonyl (C=O) groups excluding carboxylic acids is 2. The van der Waals surface area contributed by atoms with Gasteiger partial charge in [0.05, 0.1) is 11.6 Å². The Morgan fingerprint density at radius 2 is 2.10 bits per heavy atom. The Morgan fingerprint density at radius 1 is 1.33 bits per heavy atom. The molecule has 0 radical (unpaired) electrons. The highest BCUT2D eigenvalue weighted by atomic mass is 79.9. The van der Waals surface area contributed by atoms with E-state index in [4.69, 9.17) is 9.47 Å². The van der Waals surface area contributed by atoms with Crippen LogP contribution in [0.2, 0.25) is 0 Å². The summed E-state index contributed by atoms with van der Waals surface area (Å²) in [6, 6.07) is 2.92. The van der Waals surface area contributed by atoms with Gasteiger partial charge in [-0.1, -0.05) is 12.7 Å². The molecule has 1 aliphatic rings. The lowest BCUT2D eigenvalue weighted by atomic mass is 10.1. The lowest BCUT2D eigenvalue weighted by molar-refractivity contribution is -0.115. The molecule has 1 saturated heterocycles. The molecular formula is C14H13BrN2O4. The minimum absolute atomic E-state index is 0.175. The first kappa shape index (κ1) is 15.1. The van der Waals surface area contributed by atoms with Crippen LogP contribution >= 0.6 is 15.9 Å². The number of urea groups is 1. The largest absolute Gasteiger partial charge is 0.493 e. The number of hydrogen-bond acceptors (Lipinski definition) is 4. The molecule has 7 heteroatoms. The van der Waals surface area contributed by atoms with Gasteiger partial charge >= 0.3 is 6.03 Å². The molecule has 0 aliphatic carbocycles. The molecule has 1 aliphatic heterocycles. The van der Waals surface area contributed by atoms with Gasteiger partial charge < -0.3 is 14.8 Å². The van der Waals surface area contributed by atoms with Crippen LogP contribution in [0.1, 0.15) is 5.56 Å². The molecule has 1 fully saturated rings. The van der Waals surface area contributed by atoms with Crippen LogP contribution in [0.3, 0.4) is 0 Å². The van der Waals surface area contributed by atoms with E-state index in [9.17, 15) is 9.59 Å². The van der Waals surface area contributed by atoms with Gasteiger partial charge in [0.25, 0.3) is 5.91 Å². The molecule has 6 nitrogen and oxygen atoms in total. The van der Waals surface area contributed by atoms with Crippen molar-refractivity contribution in [2.75, 3.05) is 13.7 Å². The Bertz CT molecular complexity index is 640. The second kappa shape index (κ2) is 6.45. The second-order valence-corrected chi connectivity index (χ2v) is 4.95. The van der Waals surface area contributed by atoms with E-state index in [1.54, 1.807) is 24.3 Å². The molecule has 3 amide bonds. The van der Waals surface area contributed by atoms with Gasteiger partial charge in [-0.25, -0.2) is 4.79 Å². The van der Waals surface area contributed by atoms with Crippen molar-refractivity contribution in [3.05, 3.63) is 40.5 Å². The van der Waals surface area contributed by atoms with E-state index in [1.807, 2.05) is 0 Å². The molecule has 0 unspecified atom stereocenters. The fourth-order valence-electron chi connectivity index (χ4n) is 1.75. The Balaban J connectivity index is 2.36. The molecule has 0 spiro atoms. The van der Waals surface area contributed by atoms with Crippen molar-refractivity contribution in [3.63, 3.8) is 0 Å². The van der Waals surface area contributed by atoms with Crippen LogP contribution < -0.4 is 20.1 Å². The highest BCUT2D eigenvalue weighted by molar-refractivity contribution is 9.10. The third-order valence-electron chi connectivity index (χ3n) is 2.63. The Kier molecular flexibility index (Phi) is 4.64. The molecule has 0 aromatic heterocycles. The summed E-state index contributed by atoms with van der Waals surface area (Å²) in [6.45, 7) is 3.93. The molecule has 2 rings (SSSR count). The number of imide groups is 1. The predicted octanol–water partition coefficient (Wildman–Crippen LogP) is 2.20. The Hall–Kier alpha value is -2.28. The number of benzene rings is 1. The summed E-state index contributed by atoms with van der Waals surface area (Å²) in [5.74, 6) is 0.573. The monoisotopic (exact) mass is 352 g/mol. The summed E-state index contributed by atoms with van der Waals surface area (Å²) in [5.41, 5.74) is 0.853. The number of ether oxygens (including phenoxy) is 2. The first-order valence-electron chi connectivity index (χ1n) is 6.00. The number of carbonyl (C=O) groups is 2. The van der Waals surface area contributed by atoms with Gasteiger partial charge in [0.15, 0.2) is 11.5 Å². The molecule has 1 aromatic carbocycles. The van der Waals surface area contributed by atoms with Crippen molar-refractivity contribution in [3.8, 4) is 11.5 Å². The number of methoxy groups -OCH3 is 1. The van der Waals surface area contributed by atoms with Gasteiger partial charge in [0, 0.05) is 0 Å². The van der Waals surface area contributed by atoms with Crippen LogP contribution in [0, 0.1) is 0 Å². The topological polar surface area (TPSA) is 76.7 Å². The van der Waals surface area contributed by atoms with Gasteiger partial charge in [-0.2, -0.15) is 0 Å². The molecule has 0 atom stereocenters. The van der Waals surface area contributed by atoms with Crippen LogP contribution in [-0.2, 0) is 4.79 Å². The zero-order valence-corrected chi connectivity index (χ0v) is 12.8. The van der Waals surface area contributed by atoms with Gasteiger partial charge in [-0.3, -0.25) is 10.1 Å². The smallest absolute Gasteiger partial charge is 0.326 e. The quantitative estimate of drug-likeness (QED) is 0.483. The fraction of sp³-hybridized carbons (Fsp3) is 0.143. The zero-order chi connectivity index (χ0) is 15.4. The fourth-order valence-corrected chi connectivity index (χ4v) is 2.33. The van der Waals surface area contributed by atoms with Gasteiger partial charge in [-0.05, 0) is 39.7 Å². The summed E-state index contributed by atoms with van der Waals surface area (Å²) in [6.07, 6.45) is 3.17. The van der Waals surface area contributed by atoms with Crippen LogP contribution in [0.4, 0.5) is 4.79 Å². The molecule has 110 valence electrons. The lowest BCUT2D eigenvalue weighted by Crippen LogP contribution is -2.22. The summed E-state index contributed by atoms with van der Waals surface area (Å²) in [4.78, 5) is 22.6. The maximum absolute atomic E-state index is 11.5. The standard InChI is InChI=1S/C14H13BrN2O4/c1-3-4-21-12-9(15)5-8(7-11(12)20-2)6-10-13(18)17-14(19)16-10/h3,5-7H,1,4H2,2H3,(H2,16,17,18,19)/b10-6+. The lowest BCUT2D eigenvalue weighted by Gasteiger charge is -2.12. The summed E-state index contributed by atoms with van der Waals surface area (Å²) in [5, 5.41) is 4.55. The maximum Gasteiger partial charge on any atom is 0.326 e. The van der Waals surface area contributed by atoms with Crippen molar-refractivity contribution in [1.29, 1.82) is 0 Å².